The summed E-state index contributed by atoms with van der Waals surface area (Å²) in [5, 5.41) is 6.42. The molecule has 0 aliphatic carbocycles. The molecule has 4 rings (SSSR count). The number of ether oxygens (including phenoxy) is 1. The molecule has 41 heavy (non-hydrogen) atoms. The maximum Gasteiger partial charge on any atom is 0.251 e. The first-order chi connectivity index (χ1) is 20.0. The fourth-order valence-electron chi connectivity index (χ4n) is 4.79. The molecule has 1 aliphatic rings. The molecule has 2 N–H and O–H groups in total. The molecule has 1 saturated heterocycles. The normalized spacial score (nSPS) is 13.6. The standard InChI is InChI=1S/C32H40N6O3/c1-4-37-23-29(25-11-9-12-26(22-25)32(40)34-17-8-6-5-7-10-24(2)39)36-30(31(37)33-3)35-27-13-15-28(16-14-27)38-18-20-41-21-19-38/h4,9,11-16,22-23H,1,5-8,10,17-21H2,2-3H3,(H,34,40)(H,35,36). The number of Topliss-reactive ketones (excluding diaryl/α,β-unsaturated/α-hetero) is 1. The van der Waals surface area contributed by atoms with Crippen LogP contribution in [0.15, 0.2) is 66.3 Å². The summed E-state index contributed by atoms with van der Waals surface area (Å²) in [6.45, 7) is 9.42. The lowest BCUT2D eigenvalue weighted by Gasteiger charge is -2.28. The number of ketones is 1. The molecule has 1 aromatic heterocycles. The molecule has 9 nitrogen and oxygen atoms in total. The van der Waals surface area contributed by atoms with E-state index in [0.29, 0.717) is 35.5 Å². The van der Waals surface area contributed by atoms with Crippen molar-refractivity contribution in [3.63, 3.8) is 0 Å². The highest BCUT2D eigenvalue weighted by Crippen LogP contribution is 2.23. The second-order valence-corrected chi connectivity index (χ2v) is 10.1. The predicted molar refractivity (Wildman–Crippen MR) is 164 cm³/mol. The summed E-state index contributed by atoms with van der Waals surface area (Å²) < 4.78 is 7.29. The van der Waals surface area contributed by atoms with Crippen LogP contribution in [0.4, 0.5) is 17.2 Å². The minimum absolute atomic E-state index is 0.119. The highest BCUT2D eigenvalue weighted by Gasteiger charge is 2.13. The monoisotopic (exact) mass is 556 g/mol. The van der Waals surface area contributed by atoms with E-state index < -0.39 is 0 Å². The molecular weight excluding hydrogens is 516 g/mol. The van der Waals surface area contributed by atoms with Crippen molar-refractivity contribution in [2.45, 2.75) is 39.0 Å². The number of hydrogen-bond donors (Lipinski definition) is 2. The average Bonchev–Trinajstić information content (AvgIpc) is 3.00. The number of nitrogens with one attached hydrogen (secondary N) is 2. The Morgan fingerprint density at radius 2 is 1.83 bits per heavy atom. The van der Waals surface area contributed by atoms with Crippen molar-refractivity contribution < 1.29 is 14.3 Å². The number of rotatable bonds is 13. The van der Waals surface area contributed by atoms with Gasteiger partial charge in [-0.25, -0.2) is 4.98 Å². The third kappa shape index (κ3) is 8.38. The molecule has 3 aromatic rings. The van der Waals surface area contributed by atoms with Gasteiger partial charge in [0.1, 0.15) is 5.78 Å². The van der Waals surface area contributed by atoms with Gasteiger partial charge in [-0.05, 0) is 56.2 Å². The van der Waals surface area contributed by atoms with Crippen LogP contribution in [0.1, 0.15) is 49.4 Å². The van der Waals surface area contributed by atoms with E-state index in [2.05, 4.69) is 39.2 Å². The number of carbonyl (C=O) groups is 2. The summed E-state index contributed by atoms with van der Waals surface area (Å²) >= 11 is 0. The first kappa shape index (κ1) is 29.7. The quantitative estimate of drug-likeness (QED) is 0.287. The van der Waals surface area contributed by atoms with Crippen LogP contribution in [0.5, 0.6) is 0 Å². The van der Waals surface area contributed by atoms with Gasteiger partial charge in [-0.3, -0.25) is 9.79 Å². The topological polar surface area (TPSA) is 101 Å². The van der Waals surface area contributed by atoms with Crippen molar-refractivity contribution in [3.05, 3.63) is 72.4 Å². The molecule has 2 aromatic carbocycles. The first-order valence-corrected chi connectivity index (χ1v) is 14.2. The summed E-state index contributed by atoms with van der Waals surface area (Å²) in [5.74, 6) is 0.695. The Bertz CT molecular complexity index is 1410. The van der Waals surface area contributed by atoms with Crippen molar-refractivity contribution in [3.8, 4) is 11.3 Å². The van der Waals surface area contributed by atoms with Gasteiger partial charge >= 0.3 is 0 Å². The number of morpholine rings is 1. The number of carbonyl (C=O) groups excluding carboxylic acids is 2. The van der Waals surface area contributed by atoms with Crippen LogP contribution in [0.2, 0.25) is 0 Å². The fraction of sp³-hybridized carbons (Fsp3) is 0.375. The zero-order chi connectivity index (χ0) is 29.0. The van der Waals surface area contributed by atoms with Gasteiger partial charge in [0.05, 0.1) is 18.9 Å². The smallest absolute Gasteiger partial charge is 0.251 e. The molecule has 0 radical (unpaired) electrons. The molecule has 216 valence electrons. The first-order valence-electron chi connectivity index (χ1n) is 14.2. The molecule has 0 unspecified atom stereocenters. The Morgan fingerprint density at radius 1 is 1.07 bits per heavy atom. The Labute approximate surface area is 242 Å². The Balaban J connectivity index is 1.47. The minimum Gasteiger partial charge on any atom is -0.378 e. The molecule has 0 spiro atoms. The zero-order valence-corrected chi connectivity index (χ0v) is 24.1. The maximum absolute atomic E-state index is 12.8. The number of anilines is 3. The van der Waals surface area contributed by atoms with Crippen LogP contribution in [-0.4, -0.2) is 61.1 Å². The van der Waals surface area contributed by atoms with Gasteiger partial charge in [0.15, 0.2) is 11.3 Å². The van der Waals surface area contributed by atoms with Crippen molar-refractivity contribution in [2.75, 3.05) is 50.1 Å². The van der Waals surface area contributed by atoms with Crippen molar-refractivity contribution >= 4 is 35.1 Å². The van der Waals surface area contributed by atoms with E-state index in [1.165, 1.54) is 0 Å². The lowest BCUT2D eigenvalue weighted by atomic mass is 10.1. The average molecular weight is 557 g/mol. The zero-order valence-electron chi connectivity index (χ0n) is 24.1. The molecular formula is C32H40N6O3. The van der Waals surface area contributed by atoms with Crippen molar-refractivity contribution in [2.24, 2.45) is 4.99 Å². The highest BCUT2D eigenvalue weighted by atomic mass is 16.5. The van der Waals surface area contributed by atoms with Gasteiger partial charge in [-0.1, -0.05) is 31.6 Å². The van der Waals surface area contributed by atoms with Crippen molar-refractivity contribution in [1.82, 2.24) is 14.9 Å². The molecule has 0 atom stereocenters. The molecule has 1 aliphatic heterocycles. The van der Waals surface area contributed by atoms with E-state index in [-0.39, 0.29) is 11.7 Å². The van der Waals surface area contributed by atoms with E-state index >= 15 is 0 Å². The molecule has 9 heteroatoms. The van der Waals surface area contributed by atoms with Crippen LogP contribution in [0.3, 0.4) is 0 Å². The van der Waals surface area contributed by atoms with Crippen LogP contribution in [-0.2, 0) is 9.53 Å². The third-order valence-corrected chi connectivity index (χ3v) is 7.03. The van der Waals surface area contributed by atoms with E-state index in [1.807, 2.05) is 41.1 Å². The fourth-order valence-corrected chi connectivity index (χ4v) is 4.79. The van der Waals surface area contributed by atoms with E-state index in [9.17, 15) is 9.59 Å². The molecule has 2 heterocycles. The minimum atomic E-state index is -0.119. The summed E-state index contributed by atoms with van der Waals surface area (Å²) in [7, 11) is 1.72. The second kappa shape index (κ2) is 14.9. The number of amides is 1. The van der Waals surface area contributed by atoms with Crippen molar-refractivity contribution in [1.29, 1.82) is 0 Å². The van der Waals surface area contributed by atoms with Crippen LogP contribution in [0.25, 0.3) is 17.5 Å². The van der Waals surface area contributed by atoms with Gasteiger partial charge in [0.2, 0.25) is 0 Å². The number of nitrogens with zero attached hydrogens (tertiary/aromatic N) is 4. The van der Waals surface area contributed by atoms with Crippen LogP contribution >= 0.6 is 0 Å². The molecule has 0 saturated carbocycles. The number of hydrogen-bond acceptors (Lipinski definition) is 7. The lowest BCUT2D eigenvalue weighted by Crippen LogP contribution is -2.36. The van der Waals surface area contributed by atoms with E-state index in [4.69, 9.17) is 9.72 Å². The van der Waals surface area contributed by atoms with E-state index in [0.717, 1.165) is 68.9 Å². The summed E-state index contributed by atoms with van der Waals surface area (Å²) in [6, 6.07) is 15.7. The summed E-state index contributed by atoms with van der Waals surface area (Å²) in [6.07, 6.45) is 7.95. The third-order valence-electron chi connectivity index (χ3n) is 7.03. The predicted octanol–water partition coefficient (Wildman–Crippen LogP) is 5.03. The Morgan fingerprint density at radius 3 is 2.54 bits per heavy atom. The van der Waals surface area contributed by atoms with Crippen LogP contribution < -0.4 is 21.0 Å². The van der Waals surface area contributed by atoms with Gasteiger partial charge in [0.25, 0.3) is 5.91 Å². The van der Waals surface area contributed by atoms with Gasteiger partial charge < -0.3 is 29.6 Å². The number of benzene rings is 2. The molecule has 1 fully saturated rings. The van der Waals surface area contributed by atoms with E-state index in [1.54, 1.807) is 26.2 Å². The van der Waals surface area contributed by atoms with Gasteiger partial charge in [0, 0.05) is 68.0 Å². The number of aromatic nitrogens is 2. The molecule has 1 amide bonds. The second-order valence-electron chi connectivity index (χ2n) is 10.1. The number of unbranched alkanes of at least 4 members (excludes halogenated alkanes) is 3. The van der Waals surface area contributed by atoms with Gasteiger partial charge in [-0.15, -0.1) is 0 Å². The summed E-state index contributed by atoms with van der Waals surface area (Å²) in [4.78, 5) is 35.5. The summed E-state index contributed by atoms with van der Waals surface area (Å²) in [5.41, 5.74) is 4.75. The Kier molecular flexibility index (Phi) is 10.8. The Hall–Kier alpha value is -4.24. The van der Waals surface area contributed by atoms with Crippen LogP contribution in [0, 0.1) is 0 Å². The van der Waals surface area contributed by atoms with Gasteiger partial charge in [-0.2, -0.15) is 0 Å². The SMILES string of the molecule is C=Cn1cc(-c2cccc(C(=O)NCCCCCCC(C)=O)c2)nc(Nc2ccc(N3CCOCC3)cc2)c1=NC. The largest absolute Gasteiger partial charge is 0.378 e. The lowest BCUT2D eigenvalue weighted by molar-refractivity contribution is -0.117. The highest BCUT2D eigenvalue weighted by molar-refractivity contribution is 5.95. The molecule has 0 bridgehead atoms. The maximum atomic E-state index is 12.8.